The Balaban J connectivity index is 2.31. The van der Waals surface area contributed by atoms with E-state index in [1.54, 1.807) is 6.20 Å². The lowest BCUT2D eigenvalue weighted by atomic mass is 10.0. The van der Waals surface area contributed by atoms with Crippen LogP contribution in [0.15, 0.2) is 24.7 Å². The highest BCUT2D eigenvalue weighted by molar-refractivity contribution is 5.35. The van der Waals surface area contributed by atoms with Crippen LogP contribution < -0.4 is 10.1 Å². The van der Waals surface area contributed by atoms with E-state index in [1.807, 2.05) is 24.9 Å². The van der Waals surface area contributed by atoms with Gasteiger partial charge >= 0.3 is 0 Å². The summed E-state index contributed by atoms with van der Waals surface area (Å²) in [5, 5.41) is 7.94. The third-order valence-electron chi connectivity index (χ3n) is 3.31. The molecule has 1 atom stereocenters. The zero-order valence-corrected chi connectivity index (χ0v) is 13.3. The highest BCUT2D eigenvalue weighted by Crippen LogP contribution is 2.26. The van der Waals surface area contributed by atoms with Crippen molar-refractivity contribution in [1.82, 2.24) is 20.1 Å². The quantitative estimate of drug-likeness (QED) is 0.851. The molecule has 5 heteroatoms. The van der Waals surface area contributed by atoms with E-state index in [1.165, 1.54) is 5.56 Å². The predicted molar refractivity (Wildman–Crippen MR) is 83.5 cm³/mol. The van der Waals surface area contributed by atoms with Gasteiger partial charge < -0.3 is 10.1 Å². The number of aryl methyl sites for hydroxylation is 2. The molecule has 0 aromatic carbocycles. The zero-order valence-electron chi connectivity index (χ0n) is 13.3. The normalized spacial score (nSPS) is 12.4. The Morgan fingerprint density at radius 3 is 2.76 bits per heavy atom. The molecule has 0 aliphatic rings. The van der Waals surface area contributed by atoms with Gasteiger partial charge in [0.15, 0.2) is 0 Å². The third kappa shape index (κ3) is 3.82. The molecular formula is C16H24N4O. The largest absolute Gasteiger partial charge is 0.492 e. The Hall–Kier alpha value is -1.88. The molecule has 0 saturated carbocycles. The van der Waals surface area contributed by atoms with Crippen molar-refractivity contribution >= 4 is 0 Å². The van der Waals surface area contributed by atoms with Crippen LogP contribution >= 0.6 is 0 Å². The first-order chi connectivity index (χ1) is 10.2. The lowest BCUT2D eigenvalue weighted by Gasteiger charge is -2.18. The highest BCUT2D eigenvalue weighted by Gasteiger charge is 2.18. The molecule has 0 fully saturated rings. The fourth-order valence-corrected chi connectivity index (χ4v) is 2.41. The topological polar surface area (TPSA) is 52.0 Å². The van der Waals surface area contributed by atoms with Gasteiger partial charge in [-0.05, 0) is 31.5 Å². The lowest BCUT2D eigenvalue weighted by molar-refractivity contribution is 0.315. The van der Waals surface area contributed by atoms with Crippen molar-refractivity contribution in [3.63, 3.8) is 0 Å². The number of nitrogens with one attached hydrogen (secondary N) is 1. The number of rotatable bonds is 7. The van der Waals surface area contributed by atoms with Gasteiger partial charge in [-0.1, -0.05) is 13.8 Å². The van der Waals surface area contributed by atoms with Gasteiger partial charge in [0.25, 0.3) is 0 Å². The van der Waals surface area contributed by atoms with Crippen LogP contribution in [-0.4, -0.2) is 27.9 Å². The average molecular weight is 288 g/mol. The third-order valence-corrected chi connectivity index (χ3v) is 3.31. The van der Waals surface area contributed by atoms with Crippen LogP contribution in [0.3, 0.4) is 0 Å². The molecule has 2 aromatic rings. The molecule has 0 saturated heterocycles. The summed E-state index contributed by atoms with van der Waals surface area (Å²) in [6.07, 6.45) is 6.70. The summed E-state index contributed by atoms with van der Waals surface area (Å²) in [5.41, 5.74) is 3.30. The molecule has 2 aromatic heterocycles. The van der Waals surface area contributed by atoms with Gasteiger partial charge in [0.05, 0.1) is 24.5 Å². The number of hydrogen-bond donors (Lipinski definition) is 1. The Kier molecular flexibility index (Phi) is 5.33. The molecule has 0 radical (unpaired) electrons. The summed E-state index contributed by atoms with van der Waals surface area (Å²) in [4.78, 5) is 4.31. The molecule has 2 rings (SSSR count). The maximum absolute atomic E-state index is 5.68. The summed E-state index contributed by atoms with van der Waals surface area (Å²) in [6.45, 7) is 7.81. The van der Waals surface area contributed by atoms with Gasteiger partial charge in [-0.25, -0.2) is 0 Å². The minimum Gasteiger partial charge on any atom is -0.492 e. The molecule has 0 amide bonds. The fraction of sp³-hybridized carbons (Fsp3) is 0.500. The van der Waals surface area contributed by atoms with E-state index in [-0.39, 0.29) is 6.04 Å². The minimum absolute atomic E-state index is 0.0846. The van der Waals surface area contributed by atoms with E-state index in [9.17, 15) is 0 Å². The van der Waals surface area contributed by atoms with Gasteiger partial charge in [0, 0.05) is 25.0 Å². The van der Waals surface area contributed by atoms with Crippen LogP contribution in [0.5, 0.6) is 5.75 Å². The van der Waals surface area contributed by atoms with Gasteiger partial charge in [-0.3, -0.25) is 9.67 Å². The van der Waals surface area contributed by atoms with E-state index in [4.69, 9.17) is 4.74 Å². The standard InChI is InChI=1S/C16H24N4O/c1-5-7-21-14-8-13(9-17-10-14)16(18-6-2)15-11-20(4)19-12(15)3/h8-11,16,18H,5-7H2,1-4H3. The van der Waals surface area contributed by atoms with Crippen LogP contribution in [0, 0.1) is 6.92 Å². The molecule has 21 heavy (non-hydrogen) atoms. The van der Waals surface area contributed by atoms with E-state index >= 15 is 0 Å². The van der Waals surface area contributed by atoms with E-state index < -0.39 is 0 Å². The summed E-state index contributed by atoms with van der Waals surface area (Å²) < 4.78 is 7.53. The van der Waals surface area contributed by atoms with Crippen molar-refractivity contribution in [2.75, 3.05) is 13.2 Å². The van der Waals surface area contributed by atoms with Crippen molar-refractivity contribution in [3.05, 3.63) is 41.5 Å². The van der Waals surface area contributed by atoms with E-state index in [0.717, 1.165) is 30.0 Å². The maximum Gasteiger partial charge on any atom is 0.137 e. The first-order valence-corrected chi connectivity index (χ1v) is 7.47. The molecule has 1 N–H and O–H groups in total. The highest BCUT2D eigenvalue weighted by atomic mass is 16.5. The predicted octanol–water partition coefficient (Wildman–Crippen LogP) is 2.61. The second kappa shape index (κ2) is 7.22. The zero-order chi connectivity index (χ0) is 15.2. The van der Waals surface area contributed by atoms with Crippen molar-refractivity contribution in [2.45, 2.75) is 33.2 Å². The minimum atomic E-state index is 0.0846. The Bertz CT molecular complexity index is 579. The van der Waals surface area contributed by atoms with Gasteiger partial charge in [-0.2, -0.15) is 5.10 Å². The van der Waals surface area contributed by atoms with E-state index in [0.29, 0.717) is 6.61 Å². The molecule has 5 nitrogen and oxygen atoms in total. The number of pyridine rings is 1. The second-order valence-electron chi connectivity index (χ2n) is 5.14. The molecule has 0 bridgehead atoms. The maximum atomic E-state index is 5.68. The molecule has 0 aliphatic heterocycles. The smallest absolute Gasteiger partial charge is 0.137 e. The molecule has 1 unspecified atom stereocenters. The van der Waals surface area contributed by atoms with Crippen molar-refractivity contribution in [1.29, 1.82) is 0 Å². The fourth-order valence-electron chi connectivity index (χ4n) is 2.41. The summed E-state index contributed by atoms with van der Waals surface area (Å²) >= 11 is 0. The Labute approximate surface area is 126 Å². The van der Waals surface area contributed by atoms with E-state index in [2.05, 4.69) is 41.5 Å². The van der Waals surface area contributed by atoms with Crippen molar-refractivity contribution < 1.29 is 4.74 Å². The van der Waals surface area contributed by atoms with Crippen LogP contribution in [0.25, 0.3) is 0 Å². The van der Waals surface area contributed by atoms with Crippen LogP contribution in [0.2, 0.25) is 0 Å². The Morgan fingerprint density at radius 2 is 2.14 bits per heavy atom. The number of nitrogens with zero attached hydrogens (tertiary/aromatic N) is 3. The first-order valence-electron chi connectivity index (χ1n) is 7.47. The van der Waals surface area contributed by atoms with Crippen molar-refractivity contribution in [2.24, 2.45) is 7.05 Å². The average Bonchev–Trinajstić information content (AvgIpc) is 2.81. The summed E-state index contributed by atoms with van der Waals surface area (Å²) in [6, 6.07) is 2.14. The first kappa shape index (κ1) is 15.5. The SMILES string of the molecule is CCCOc1cncc(C(NCC)c2cn(C)nc2C)c1. The number of ether oxygens (including phenoxy) is 1. The van der Waals surface area contributed by atoms with Gasteiger partial charge in [0.1, 0.15) is 5.75 Å². The van der Waals surface area contributed by atoms with Gasteiger partial charge in [-0.15, -0.1) is 0 Å². The summed E-state index contributed by atoms with van der Waals surface area (Å²) in [7, 11) is 1.94. The molecule has 0 spiro atoms. The number of hydrogen-bond acceptors (Lipinski definition) is 4. The second-order valence-corrected chi connectivity index (χ2v) is 5.14. The van der Waals surface area contributed by atoms with Crippen LogP contribution in [0.1, 0.15) is 43.1 Å². The summed E-state index contributed by atoms with van der Waals surface area (Å²) in [5.74, 6) is 0.818. The van der Waals surface area contributed by atoms with Gasteiger partial charge in [0.2, 0.25) is 0 Å². The van der Waals surface area contributed by atoms with Crippen LogP contribution in [0.4, 0.5) is 0 Å². The molecule has 114 valence electrons. The molecule has 0 aliphatic carbocycles. The lowest BCUT2D eigenvalue weighted by Crippen LogP contribution is -2.22. The number of aromatic nitrogens is 3. The molecular weight excluding hydrogens is 264 g/mol. The van der Waals surface area contributed by atoms with Crippen LogP contribution in [-0.2, 0) is 7.05 Å². The molecule has 2 heterocycles. The monoisotopic (exact) mass is 288 g/mol. The van der Waals surface area contributed by atoms with Crippen molar-refractivity contribution in [3.8, 4) is 5.75 Å². The Morgan fingerprint density at radius 1 is 1.33 bits per heavy atom.